The number of ether oxygens (including phenoxy) is 1. The van der Waals surface area contributed by atoms with Gasteiger partial charge in [-0.3, -0.25) is 9.69 Å². The van der Waals surface area contributed by atoms with Gasteiger partial charge in [0.15, 0.2) is 0 Å². The van der Waals surface area contributed by atoms with Crippen LogP contribution in [0.4, 0.5) is 17.1 Å². The van der Waals surface area contributed by atoms with Crippen molar-refractivity contribution in [2.45, 2.75) is 26.2 Å². The van der Waals surface area contributed by atoms with E-state index in [9.17, 15) is 9.90 Å². The van der Waals surface area contributed by atoms with Crippen molar-refractivity contribution in [3.63, 3.8) is 0 Å². The summed E-state index contributed by atoms with van der Waals surface area (Å²) < 4.78 is 5.45. The number of benzene rings is 4. The van der Waals surface area contributed by atoms with Gasteiger partial charge < -0.3 is 15.6 Å². The molecule has 1 atom stereocenters. The predicted octanol–water partition coefficient (Wildman–Crippen LogP) is 5.92. The molecule has 1 aliphatic heterocycles. The van der Waals surface area contributed by atoms with Gasteiger partial charge in [0, 0.05) is 17.3 Å². The molecule has 1 aliphatic rings. The average molecular weight is 465 g/mol. The zero-order valence-corrected chi connectivity index (χ0v) is 20.3. The monoisotopic (exact) mass is 464 g/mol. The zero-order chi connectivity index (χ0) is 24.9. The number of phenolic OH excluding ortho intramolecular Hbond substituents is 1. The molecule has 0 saturated carbocycles. The third kappa shape index (κ3) is 3.27. The van der Waals surface area contributed by atoms with Gasteiger partial charge in [-0.15, -0.1) is 0 Å². The molecular formula is C30H28N2O3. The number of nitrogens with two attached hydrogens (primary N) is 1. The van der Waals surface area contributed by atoms with Gasteiger partial charge in [-0.05, 0) is 72.9 Å². The molecular weight excluding hydrogens is 436 g/mol. The van der Waals surface area contributed by atoms with Gasteiger partial charge in [0.1, 0.15) is 16.9 Å². The van der Waals surface area contributed by atoms with E-state index in [-0.39, 0.29) is 11.7 Å². The Morgan fingerprint density at radius 1 is 0.829 bits per heavy atom. The number of phenols is 1. The number of fused-ring (bicyclic) bond motifs is 1. The number of nitrogen functional groups attached to an aromatic ring is 1. The molecule has 5 heteroatoms. The van der Waals surface area contributed by atoms with Crippen molar-refractivity contribution >= 4 is 23.0 Å². The summed E-state index contributed by atoms with van der Waals surface area (Å²) in [5, 5.41) is 10.5. The third-order valence-corrected chi connectivity index (χ3v) is 7.01. The highest BCUT2D eigenvalue weighted by Crippen LogP contribution is 2.53. The van der Waals surface area contributed by atoms with Crippen LogP contribution in [0.5, 0.6) is 11.5 Å². The van der Waals surface area contributed by atoms with E-state index in [1.54, 1.807) is 12.0 Å². The maximum Gasteiger partial charge on any atom is 0.251 e. The first kappa shape index (κ1) is 22.5. The summed E-state index contributed by atoms with van der Waals surface area (Å²) in [5.74, 6) is 0.811. The smallest absolute Gasteiger partial charge is 0.251 e. The fraction of sp³-hybridized carbons (Fsp3) is 0.167. The van der Waals surface area contributed by atoms with E-state index in [1.165, 1.54) is 0 Å². The molecule has 3 N–H and O–H groups in total. The van der Waals surface area contributed by atoms with E-state index in [4.69, 9.17) is 10.5 Å². The van der Waals surface area contributed by atoms with E-state index >= 15 is 0 Å². The molecule has 1 heterocycles. The van der Waals surface area contributed by atoms with Gasteiger partial charge >= 0.3 is 0 Å². The predicted molar refractivity (Wildman–Crippen MR) is 140 cm³/mol. The molecule has 35 heavy (non-hydrogen) atoms. The molecule has 1 amide bonds. The van der Waals surface area contributed by atoms with Crippen LogP contribution in [-0.4, -0.2) is 18.1 Å². The summed E-state index contributed by atoms with van der Waals surface area (Å²) in [5.41, 5.74) is 12.1. The number of nitrogens with zero attached hydrogens (tertiary/aromatic N) is 1. The lowest BCUT2D eigenvalue weighted by Gasteiger charge is -2.31. The quantitative estimate of drug-likeness (QED) is 0.368. The normalized spacial score (nSPS) is 16.9. The van der Waals surface area contributed by atoms with Gasteiger partial charge in [-0.25, -0.2) is 0 Å². The number of hydrogen-bond acceptors (Lipinski definition) is 4. The van der Waals surface area contributed by atoms with Crippen LogP contribution in [0.3, 0.4) is 0 Å². The second-order valence-corrected chi connectivity index (χ2v) is 9.14. The molecule has 0 bridgehead atoms. The Morgan fingerprint density at radius 2 is 1.51 bits per heavy atom. The number of anilines is 3. The zero-order valence-electron chi connectivity index (χ0n) is 20.3. The van der Waals surface area contributed by atoms with Crippen molar-refractivity contribution in [1.29, 1.82) is 0 Å². The minimum absolute atomic E-state index is 0.0967. The van der Waals surface area contributed by atoms with Gasteiger partial charge in [0.25, 0.3) is 5.91 Å². The molecule has 0 radical (unpaired) electrons. The SMILES string of the molecule is COc1cccc(N2C(=O)C(c3ccc(N)c(C)c3)(c3cc(C)c(O)c(C)c3)c3ccccc32)c1. The Balaban J connectivity index is 1.88. The Hall–Kier alpha value is -4.25. The van der Waals surface area contributed by atoms with E-state index in [1.807, 2.05) is 99.6 Å². The number of hydrogen-bond donors (Lipinski definition) is 2. The first-order chi connectivity index (χ1) is 16.8. The van der Waals surface area contributed by atoms with Crippen LogP contribution in [0.25, 0.3) is 0 Å². The first-order valence-corrected chi connectivity index (χ1v) is 11.5. The second-order valence-electron chi connectivity index (χ2n) is 9.14. The van der Waals surface area contributed by atoms with E-state index < -0.39 is 5.41 Å². The highest BCUT2D eigenvalue weighted by Gasteiger charge is 2.54. The summed E-state index contributed by atoms with van der Waals surface area (Å²) in [6.07, 6.45) is 0. The first-order valence-electron chi connectivity index (χ1n) is 11.5. The van der Waals surface area contributed by atoms with Gasteiger partial charge in [0.2, 0.25) is 0 Å². The Kier molecular flexibility index (Phi) is 5.28. The number of para-hydroxylation sites is 1. The molecule has 4 aromatic rings. The summed E-state index contributed by atoms with van der Waals surface area (Å²) in [6.45, 7) is 5.67. The van der Waals surface area contributed by atoms with Crippen molar-refractivity contribution in [2.75, 3.05) is 17.7 Å². The Morgan fingerprint density at radius 3 is 2.20 bits per heavy atom. The largest absolute Gasteiger partial charge is 0.507 e. The maximum absolute atomic E-state index is 14.8. The van der Waals surface area contributed by atoms with E-state index in [2.05, 4.69) is 0 Å². The van der Waals surface area contributed by atoms with Crippen LogP contribution in [0.15, 0.2) is 78.9 Å². The standard InChI is InChI=1S/C30H28N2O3/c1-18-14-21(12-13-26(18)31)30(22-15-19(2)28(33)20(3)16-22)25-10-5-6-11-27(25)32(29(30)34)23-8-7-9-24(17-23)35-4/h5-17,33H,31H2,1-4H3. The molecule has 0 fully saturated rings. The van der Waals surface area contributed by atoms with Gasteiger partial charge in [-0.1, -0.05) is 48.5 Å². The summed E-state index contributed by atoms with van der Waals surface area (Å²) in [6, 6.07) is 25.0. The lowest BCUT2D eigenvalue weighted by Crippen LogP contribution is -2.40. The van der Waals surface area contributed by atoms with Crippen molar-refractivity contribution in [1.82, 2.24) is 0 Å². The number of amides is 1. The molecule has 5 nitrogen and oxygen atoms in total. The van der Waals surface area contributed by atoms with Crippen LogP contribution in [0, 0.1) is 20.8 Å². The van der Waals surface area contributed by atoms with Crippen LogP contribution in [0.1, 0.15) is 33.4 Å². The van der Waals surface area contributed by atoms with Crippen molar-refractivity contribution in [2.24, 2.45) is 0 Å². The fourth-order valence-electron chi connectivity index (χ4n) is 5.19. The van der Waals surface area contributed by atoms with E-state index in [0.29, 0.717) is 11.4 Å². The van der Waals surface area contributed by atoms with E-state index in [0.717, 1.165) is 44.8 Å². The molecule has 1 unspecified atom stereocenters. The minimum atomic E-state index is -1.12. The summed E-state index contributed by atoms with van der Waals surface area (Å²) >= 11 is 0. The molecule has 4 aromatic carbocycles. The number of aromatic hydroxyl groups is 1. The van der Waals surface area contributed by atoms with Crippen molar-refractivity contribution in [3.05, 3.63) is 112 Å². The lowest BCUT2D eigenvalue weighted by molar-refractivity contribution is -0.120. The third-order valence-electron chi connectivity index (χ3n) is 7.01. The molecule has 0 aliphatic carbocycles. The number of carbonyl (C=O) groups is 1. The Labute approximate surface area is 205 Å². The minimum Gasteiger partial charge on any atom is -0.507 e. The number of aryl methyl sites for hydroxylation is 3. The van der Waals surface area contributed by atoms with Crippen LogP contribution in [-0.2, 0) is 10.2 Å². The lowest BCUT2D eigenvalue weighted by atomic mass is 9.69. The Bertz CT molecular complexity index is 1450. The fourth-order valence-corrected chi connectivity index (χ4v) is 5.19. The van der Waals surface area contributed by atoms with Gasteiger partial charge in [-0.2, -0.15) is 0 Å². The highest BCUT2D eigenvalue weighted by molar-refractivity contribution is 6.17. The number of carbonyl (C=O) groups excluding carboxylic acids is 1. The average Bonchev–Trinajstić information content (AvgIpc) is 3.12. The summed E-state index contributed by atoms with van der Waals surface area (Å²) in [4.78, 5) is 16.5. The molecule has 0 aromatic heterocycles. The molecule has 0 spiro atoms. The summed E-state index contributed by atoms with van der Waals surface area (Å²) in [7, 11) is 1.61. The van der Waals surface area contributed by atoms with Crippen LogP contribution >= 0.6 is 0 Å². The van der Waals surface area contributed by atoms with Crippen LogP contribution < -0.4 is 15.4 Å². The van der Waals surface area contributed by atoms with Crippen LogP contribution in [0.2, 0.25) is 0 Å². The topological polar surface area (TPSA) is 75.8 Å². The second kappa shape index (κ2) is 8.20. The highest BCUT2D eigenvalue weighted by atomic mass is 16.5. The maximum atomic E-state index is 14.8. The number of rotatable bonds is 4. The van der Waals surface area contributed by atoms with Gasteiger partial charge in [0.05, 0.1) is 18.5 Å². The molecule has 176 valence electrons. The molecule has 0 saturated heterocycles. The van der Waals surface area contributed by atoms with Crippen molar-refractivity contribution < 1.29 is 14.6 Å². The van der Waals surface area contributed by atoms with Crippen molar-refractivity contribution in [3.8, 4) is 11.5 Å². The number of methoxy groups -OCH3 is 1. The molecule has 5 rings (SSSR count).